The highest BCUT2D eigenvalue weighted by Gasteiger charge is 2.38. The topological polar surface area (TPSA) is 17.0 Å². The lowest BCUT2D eigenvalue weighted by atomic mass is 9.80. The number of rotatable bonds is 2. The van der Waals surface area contributed by atoms with E-state index in [1.54, 1.807) is 6.20 Å². The molecular weight excluding hydrogens is 402 g/mol. The van der Waals surface area contributed by atoms with Crippen LogP contribution in [0.3, 0.4) is 0 Å². The van der Waals surface area contributed by atoms with Crippen LogP contribution in [0.4, 0.5) is 0 Å². The van der Waals surface area contributed by atoms with Crippen molar-refractivity contribution in [3.8, 4) is 22.4 Å². The van der Waals surface area contributed by atoms with Gasteiger partial charge in [0.15, 0.2) is 6.20 Å². The molecule has 33 heavy (non-hydrogen) atoms. The van der Waals surface area contributed by atoms with Crippen LogP contribution in [-0.2, 0) is 12.5 Å². The predicted octanol–water partition coefficient (Wildman–Crippen LogP) is 7.82. The summed E-state index contributed by atoms with van der Waals surface area (Å²) in [4.78, 5) is 0. The molecule has 0 fully saturated rings. The molecule has 0 saturated carbocycles. The predicted molar refractivity (Wildman–Crippen MR) is 137 cm³/mol. The van der Waals surface area contributed by atoms with Crippen molar-refractivity contribution in [3.63, 3.8) is 0 Å². The van der Waals surface area contributed by atoms with Crippen molar-refractivity contribution in [2.24, 2.45) is 7.05 Å². The second-order valence-electron chi connectivity index (χ2n) is 9.55. The minimum Gasteiger partial charge on any atom is -0.455 e. The summed E-state index contributed by atoms with van der Waals surface area (Å²) in [5, 5.41) is 1.97. The quantitative estimate of drug-likeness (QED) is 0.256. The standard InChI is InChI=1S/C31H30NO/c1-18(2)20-15-16-32(6)25(17-20)27-19(3)11-12-23-28-26(33-30(23)27)14-13-22-21-9-7-8-10-24(21)31(4,5)29(22)28/h7-18H,1-6H3/q+1/i1D3,2D3,18D. The van der Waals surface area contributed by atoms with Gasteiger partial charge in [0.1, 0.15) is 18.2 Å². The van der Waals surface area contributed by atoms with Gasteiger partial charge in [0, 0.05) is 37.9 Å². The Kier molecular flexibility index (Phi) is 2.89. The number of pyridine rings is 1. The van der Waals surface area contributed by atoms with Crippen molar-refractivity contribution < 1.29 is 18.6 Å². The van der Waals surface area contributed by atoms with Crippen molar-refractivity contribution >= 4 is 21.9 Å². The first-order chi connectivity index (χ1) is 18.6. The molecule has 0 radical (unpaired) electrons. The molecular formula is C31H30NO+. The van der Waals surface area contributed by atoms with Gasteiger partial charge in [-0.15, -0.1) is 0 Å². The first-order valence-corrected chi connectivity index (χ1v) is 11.2. The molecule has 6 rings (SSSR count). The molecule has 0 aliphatic heterocycles. The summed E-state index contributed by atoms with van der Waals surface area (Å²) < 4.78 is 65.0. The van der Waals surface area contributed by atoms with Gasteiger partial charge in [-0.05, 0) is 52.3 Å². The molecule has 2 heteroatoms. The van der Waals surface area contributed by atoms with Gasteiger partial charge in [0.05, 0.1) is 5.56 Å². The van der Waals surface area contributed by atoms with Gasteiger partial charge in [-0.1, -0.05) is 70.0 Å². The van der Waals surface area contributed by atoms with E-state index in [2.05, 4.69) is 50.2 Å². The fourth-order valence-corrected chi connectivity index (χ4v) is 5.59. The van der Waals surface area contributed by atoms with Crippen LogP contribution in [0.25, 0.3) is 44.3 Å². The van der Waals surface area contributed by atoms with Gasteiger partial charge in [-0.25, -0.2) is 4.57 Å². The molecule has 2 aromatic heterocycles. The molecule has 0 amide bonds. The molecule has 0 saturated heterocycles. The van der Waals surface area contributed by atoms with Crippen LogP contribution in [0.5, 0.6) is 0 Å². The number of aromatic nitrogens is 1. The maximum absolute atomic E-state index is 8.73. The van der Waals surface area contributed by atoms with Crippen LogP contribution in [-0.4, -0.2) is 0 Å². The number of hydrogen-bond acceptors (Lipinski definition) is 1. The summed E-state index contributed by atoms with van der Waals surface area (Å²) in [5.74, 6) is -2.80. The van der Waals surface area contributed by atoms with Gasteiger partial charge in [-0.2, -0.15) is 0 Å². The van der Waals surface area contributed by atoms with Crippen LogP contribution >= 0.6 is 0 Å². The third-order valence-electron chi connectivity index (χ3n) is 7.22. The van der Waals surface area contributed by atoms with E-state index in [1.165, 1.54) is 34.4 Å². The van der Waals surface area contributed by atoms with E-state index < -0.39 is 19.6 Å². The molecule has 0 atom stereocenters. The van der Waals surface area contributed by atoms with Crippen LogP contribution in [0.2, 0.25) is 0 Å². The number of benzene rings is 3. The average molecular weight is 440 g/mol. The third kappa shape index (κ3) is 2.70. The lowest BCUT2D eigenvalue weighted by Gasteiger charge is -2.22. The van der Waals surface area contributed by atoms with Gasteiger partial charge in [0.25, 0.3) is 0 Å². The number of hydrogen-bond donors (Lipinski definition) is 0. The zero-order valence-corrected chi connectivity index (χ0v) is 19.2. The Balaban J connectivity index is 1.66. The number of furan rings is 1. The summed E-state index contributed by atoms with van der Waals surface area (Å²) >= 11 is 0. The zero-order chi connectivity index (χ0) is 29.0. The molecule has 0 N–H and O–H groups in total. The summed E-state index contributed by atoms with van der Waals surface area (Å²) in [6.07, 6.45) is 1.61. The molecule has 0 spiro atoms. The molecule has 5 aromatic rings. The van der Waals surface area contributed by atoms with Crippen molar-refractivity contribution in [1.29, 1.82) is 0 Å². The first kappa shape index (κ1) is 14.0. The number of aryl methyl sites for hydroxylation is 2. The third-order valence-corrected chi connectivity index (χ3v) is 7.22. The molecule has 164 valence electrons. The summed E-state index contributed by atoms with van der Waals surface area (Å²) in [6, 6.07) is 19.6. The Morgan fingerprint density at radius 2 is 1.82 bits per heavy atom. The smallest absolute Gasteiger partial charge is 0.216 e. The van der Waals surface area contributed by atoms with Crippen LogP contribution in [0.15, 0.2) is 71.3 Å². The summed E-state index contributed by atoms with van der Waals surface area (Å²) in [7, 11) is 1.81. The molecule has 2 nitrogen and oxygen atoms in total. The van der Waals surface area contributed by atoms with E-state index in [9.17, 15) is 0 Å². The first-order valence-electron chi connectivity index (χ1n) is 14.7. The molecule has 2 heterocycles. The fourth-order valence-electron chi connectivity index (χ4n) is 5.59. The van der Waals surface area contributed by atoms with Crippen molar-refractivity contribution in [2.45, 2.75) is 45.8 Å². The Morgan fingerprint density at radius 3 is 2.64 bits per heavy atom. The Bertz CT molecular complexity index is 1830. The normalized spacial score (nSPS) is 18.5. The number of fused-ring (bicyclic) bond motifs is 7. The zero-order valence-electron chi connectivity index (χ0n) is 26.2. The van der Waals surface area contributed by atoms with Gasteiger partial charge < -0.3 is 4.42 Å². The van der Waals surface area contributed by atoms with Crippen LogP contribution in [0, 0.1) is 6.92 Å². The number of nitrogens with zero attached hydrogens (tertiary/aromatic N) is 1. The Morgan fingerprint density at radius 1 is 1.00 bits per heavy atom. The van der Waals surface area contributed by atoms with E-state index in [1.807, 2.05) is 30.7 Å². The second-order valence-corrected chi connectivity index (χ2v) is 9.55. The molecule has 3 aromatic carbocycles. The Hall–Kier alpha value is -3.39. The lowest BCUT2D eigenvalue weighted by molar-refractivity contribution is -0.660. The van der Waals surface area contributed by atoms with Gasteiger partial charge >= 0.3 is 0 Å². The maximum atomic E-state index is 8.73. The average Bonchev–Trinajstić information content (AvgIpc) is 3.35. The highest BCUT2D eigenvalue weighted by atomic mass is 16.3. The molecule has 0 unspecified atom stereocenters. The second kappa shape index (κ2) is 6.81. The lowest BCUT2D eigenvalue weighted by Crippen LogP contribution is -2.31. The van der Waals surface area contributed by atoms with Crippen molar-refractivity contribution in [3.05, 3.63) is 89.1 Å². The van der Waals surface area contributed by atoms with Gasteiger partial charge in [-0.3, -0.25) is 0 Å². The Labute approximate surface area is 205 Å². The van der Waals surface area contributed by atoms with E-state index in [0.29, 0.717) is 11.3 Å². The summed E-state index contributed by atoms with van der Waals surface area (Å²) in [5.41, 5.74) is 8.10. The van der Waals surface area contributed by atoms with Crippen molar-refractivity contribution in [1.82, 2.24) is 0 Å². The van der Waals surface area contributed by atoms with Crippen LogP contribution < -0.4 is 4.57 Å². The van der Waals surface area contributed by atoms with Gasteiger partial charge in [0.2, 0.25) is 5.69 Å². The summed E-state index contributed by atoms with van der Waals surface area (Å²) in [6.45, 7) is 0.256. The minimum atomic E-state index is -3.07. The van der Waals surface area contributed by atoms with E-state index in [4.69, 9.17) is 14.0 Å². The van der Waals surface area contributed by atoms with E-state index in [0.717, 1.165) is 27.5 Å². The van der Waals surface area contributed by atoms with Crippen LogP contribution in [0.1, 0.15) is 65.3 Å². The highest BCUT2D eigenvalue weighted by molar-refractivity contribution is 6.14. The monoisotopic (exact) mass is 439 g/mol. The molecule has 1 aliphatic carbocycles. The fraction of sp³-hybridized carbons (Fsp3) is 0.258. The SMILES string of the molecule is [2H]C([2H])([2H])C([2H])(c1cc[n+](C)c(-c2c(C)ccc3c2oc2ccc4c(c23)C(C)(C)c2ccccc2-4)c1)C([2H])([2H])[2H]. The van der Waals surface area contributed by atoms with E-state index >= 15 is 0 Å². The van der Waals surface area contributed by atoms with E-state index in [-0.39, 0.29) is 11.0 Å². The minimum absolute atomic E-state index is 0.0920. The maximum Gasteiger partial charge on any atom is 0.216 e. The van der Waals surface area contributed by atoms with Crippen molar-refractivity contribution in [2.75, 3.05) is 0 Å². The molecule has 1 aliphatic rings. The largest absolute Gasteiger partial charge is 0.455 e. The highest BCUT2D eigenvalue weighted by Crippen LogP contribution is 2.53. The molecule has 0 bridgehead atoms.